The molecular formula is C15H14FNO3. The van der Waals surface area contributed by atoms with Gasteiger partial charge in [-0.2, -0.15) is 0 Å². The maximum absolute atomic E-state index is 12.7. The van der Waals surface area contributed by atoms with Crippen LogP contribution in [0.5, 0.6) is 5.75 Å². The molecule has 0 radical (unpaired) electrons. The lowest BCUT2D eigenvalue weighted by Gasteiger charge is -2.08. The number of methoxy groups -OCH3 is 1. The van der Waals surface area contributed by atoms with Crippen molar-refractivity contribution >= 4 is 11.8 Å². The van der Waals surface area contributed by atoms with Crippen LogP contribution in [-0.2, 0) is 11.3 Å². The number of carbonyl (C=O) groups is 1. The third kappa shape index (κ3) is 3.98. The first-order valence-electron chi connectivity index (χ1n) is 5.99. The van der Waals surface area contributed by atoms with Gasteiger partial charge in [-0.3, -0.25) is 5.32 Å². The average molecular weight is 275 g/mol. The lowest BCUT2D eigenvalue weighted by atomic mass is 10.2. The second kappa shape index (κ2) is 6.56. The van der Waals surface area contributed by atoms with Gasteiger partial charge >= 0.3 is 6.09 Å². The van der Waals surface area contributed by atoms with E-state index in [1.807, 2.05) is 0 Å². The minimum atomic E-state index is -0.523. The molecule has 0 aliphatic heterocycles. The number of benzene rings is 2. The number of nitrogens with one attached hydrogen (secondary N) is 1. The minimum absolute atomic E-state index is 0.271. The third-order valence-corrected chi connectivity index (χ3v) is 2.60. The molecule has 0 saturated carbocycles. The van der Waals surface area contributed by atoms with Gasteiger partial charge in [0.2, 0.25) is 0 Å². The van der Waals surface area contributed by atoms with E-state index in [2.05, 4.69) is 10.1 Å². The molecule has 1 N–H and O–H groups in total. The molecule has 0 aliphatic rings. The number of halogens is 1. The zero-order chi connectivity index (χ0) is 14.4. The number of amides is 1. The largest absolute Gasteiger partial charge is 0.489 e. The number of rotatable bonds is 4. The van der Waals surface area contributed by atoms with E-state index in [0.29, 0.717) is 18.0 Å². The van der Waals surface area contributed by atoms with E-state index >= 15 is 0 Å². The second-order valence-corrected chi connectivity index (χ2v) is 4.06. The van der Waals surface area contributed by atoms with Gasteiger partial charge in [0, 0.05) is 5.69 Å². The monoisotopic (exact) mass is 275 g/mol. The molecule has 0 aromatic heterocycles. The lowest BCUT2D eigenvalue weighted by molar-refractivity contribution is 0.187. The fraction of sp³-hybridized carbons (Fsp3) is 0.133. The van der Waals surface area contributed by atoms with Crippen molar-refractivity contribution in [3.63, 3.8) is 0 Å². The van der Waals surface area contributed by atoms with E-state index in [1.165, 1.54) is 19.2 Å². The molecule has 0 spiro atoms. The standard InChI is InChI=1S/C15H14FNO3/c1-19-15(18)17-13-6-8-14(9-7-13)20-10-11-2-4-12(16)5-3-11/h2-9H,10H2,1H3,(H,17,18). The van der Waals surface area contributed by atoms with Crippen LogP contribution in [0.15, 0.2) is 48.5 Å². The second-order valence-electron chi connectivity index (χ2n) is 4.06. The zero-order valence-corrected chi connectivity index (χ0v) is 10.9. The summed E-state index contributed by atoms with van der Waals surface area (Å²) < 4.78 is 22.8. The highest BCUT2D eigenvalue weighted by atomic mass is 19.1. The zero-order valence-electron chi connectivity index (χ0n) is 10.9. The highest BCUT2D eigenvalue weighted by Crippen LogP contribution is 2.17. The van der Waals surface area contributed by atoms with Gasteiger partial charge in [0.1, 0.15) is 18.2 Å². The Morgan fingerprint density at radius 2 is 1.75 bits per heavy atom. The van der Waals surface area contributed by atoms with Gasteiger partial charge < -0.3 is 9.47 Å². The first kappa shape index (κ1) is 13.9. The van der Waals surface area contributed by atoms with Gasteiger partial charge in [-0.1, -0.05) is 12.1 Å². The summed E-state index contributed by atoms with van der Waals surface area (Å²) in [6.45, 7) is 0.351. The Morgan fingerprint density at radius 1 is 1.10 bits per heavy atom. The summed E-state index contributed by atoms with van der Waals surface area (Å²) in [7, 11) is 1.30. The van der Waals surface area contributed by atoms with Crippen molar-refractivity contribution in [1.82, 2.24) is 0 Å². The smallest absolute Gasteiger partial charge is 0.411 e. The van der Waals surface area contributed by atoms with Gasteiger partial charge in [-0.25, -0.2) is 9.18 Å². The summed E-state index contributed by atoms with van der Waals surface area (Å²) in [4.78, 5) is 11.0. The Morgan fingerprint density at radius 3 is 2.35 bits per heavy atom. The van der Waals surface area contributed by atoms with Crippen LogP contribution in [0.2, 0.25) is 0 Å². The first-order chi connectivity index (χ1) is 9.67. The topological polar surface area (TPSA) is 47.6 Å². The average Bonchev–Trinajstić information content (AvgIpc) is 2.48. The van der Waals surface area contributed by atoms with Crippen LogP contribution in [-0.4, -0.2) is 13.2 Å². The Balaban J connectivity index is 1.90. The number of ether oxygens (including phenoxy) is 2. The summed E-state index contributed by atoms with van der Waals surface area (Å²) in [6, 6.07) is 13.0. The predicted molar refractivity (Wildman–Crippen MR) is 73.2 cm³/mol. The number of anilines is 1. The van der Waals surface area contributed by atoms with E-state index in [0.717, 1.165) is 5.56 Å². The summed E-state index contributed by atoms with van der Waals surface area (Å²) >= 11 is 0. The molecule has 20 heavy (non-hydrogen) atoms. The molecule has 2 aromatic carbocycles. The maximum atomic E-state index is 12.7. The molecule has 5 heteroatoms. The SMILES string of the molecule is COC(=O)Nc1ccc(OCc2ccc(F)cc2)cc1. The van der Waals surface area contributed by atoms with Gasteiger partial charge in [0.25, 0.3) is 0 Å². The molecule has 0 bridgehead atoms. The van der Waals surface area contributed by atoms with Crippen LogP contribution in [0.1, 0.15) is 5.56 Å². The molecular weight excluding hydrogens is 261 g/mol. The van der Waals surface area contributed by atoms with Crippen molar-refractivity contribution in [3.8, 4) is 5.75 Å². The van der Waals surface area contributed by atoms with Crippen LogP contribution in [0.25, 0.3) is 0 Å². The summed E-state index contributed by atoms with van der Waals surface area (Å²) in [6.07, 6.45) is -0.523. The lowest BCUT2D eigenvalue weighted by Crippen LogP contribution is -2.10. The summed E-state index contributed by atoms with van der Waals surface area (Å²) in [5.41, 5.74) is 1.49. The quantitative estimate of drug-likeness (QED) is 0.927. The Labute approximate surface area is 116 Å². The molecule has 0 saturated heterocycles. The fourth-order valence-corrected chi connectivity index (χ4v) is 1.55. The minimum Gasteiger partial charge on any atom is -0.489 e. The third-order valence-electron chi connectivity index (χ3n) is 2.60. The number of carbonyl (C=O) groups excluding carboxylic acids is 1. The summed E-state index contributed by atoms with van der Waals surface area (Å²) in [5, 5.41) is 2.54. The normalized spacial score (nSPS) is 9.90. The van der Waals surface area contributed by atoms with Crippen molar-refractivity contribution in [3.05, 3.63) is 59.9 Å². The molecule has 0 unspecified atom stereocenters. The highest BCUT2D eigenvalue weighted by molar-refractivity contribution is 5.84. The molecule has 104 valence electrons. The molecule has 4 nitrogen and oxygen atoms in total. The molecule has 1 amide bonds. The van der Waals surface area contributed by atoms with Gasteiger partial charge in [-0.05, 0) is 42.0 Å². The van der Waals surface area contributed by atoms with Crippen molar-refractivity contribution in [2.45, 2.75) is 6.61 Å². The summed E-state index contributed by atoms with van der Waals surface area (Å²) in [5.74, 6) is 0.386. The molecule has 0 atom stereocenters. The fourth-order valence-electron chi connectivity index (χ4n) is 1.55. The maximum Gasteiger partial charge on any atom is 0.411 e. The van der Waals surface area contributed by atoms with Crippen LogP contribution < -0.4 is 10.1 Å². The first-order valence-corrected chi connectivity index (χ1v) is 5.99. The van der Waals surface area contributed by atoms with Crippen molar-refractivity contribution < 1.29 is 18.7 Å². The number of hydrogen-bond acceptors (Lipinski definition) is 3. The van der Waals surface area contributed by atoms with Crippen LogP contribution in [0.4, 0.5) is 14.9 Å². The van der Waals surface area contributed by atoms with Crippen molar-refractivity contribution in [1.29, 1.82) is 0 Å². The Hall–Kier alpha value is -2.56. The van der Waals surface area contributed by atoms with Crippen LogP contribution in [0.3, 0.4) is 0 Å². The van der Waals surface area contributed by atoms with E-state index < -0.39 is 6.09 Å². The van der Waals surface area contributed by atoms with Crippen LogP contribution in [0, 0.1) is 5.82 Å². The van der Waals surface area contributed by atoms with Gasteiger partial charge in [0.15, 0.2) is 0 Å². The van der Waals surface area contributed by atoms with Crippen molar-refractivity contribution in [2.75, 3.05) is 12.4 Å². The Bertz CT molecular complexity index is 567. The van der Waals surface area contributed by atoms with E-state index in [4.69, 9.17) is 4.74 Å². The molecule has 0 fully saturated rings. The molecule has 2 aromatic rings. The van der Waals surface area contributed by atoms with Gasteiger partial charge in [-0.15, -0.1) is 0 Å². The number of hydrogen-bond donors (Lipinski definition) is 1. The van der Waals surface area contributed by atoms with E-state index in [9.17, 15) is 9.18 Å². The highest BCUT2D eigenvalue weighted by Gasteiger charge is 2.01. The van der Waals surface area contributed by atoms with Gasteiger partial charge in [0.05, 0.1) is 7.11 Å². The molecule has 0 heterocycles. The van der Waals surface area contributed by atoms with E-state index in [-0.39, 0.29) is 5.82 Å². The van der Waals surface area contributed by atoms with Crippen LogP contribution >= 0.6 is 0 Å². The predicted octanol–water partition coefficient (Wildman–Crippen LogP) is 3.58. The molecule has 0 aliphatic carbocycles. The molecule has 2 rings (SSSR count). The van der Waals surface area contributed by atoms with Crippen molar-refractivity contribution in [2.24, 2.45) is 0 Å². The van der Waals surface area contributed by atoms with E-state index in [1.54, 1.807) is 36.4 Å². The Kier molecular flexibility index (Phi) is 4.55.